The first-order valence-electron chi connectivity index (χ1n) is 11.5. The maximum atomic E-state index is 15.3. The molecule has 1 aliphatic rings. The van der Waals surface area contributed by atoms with Crippen molar-refractivity contribution in [3.05, 3.63) is 46.0 Å². The van der Waals surface area contributed by atoms with E-state index < -0.39 is 23.5 Å². The third kappa shape index (κ3) is 4.05. The Morgan fingerprint density at radius 2 is 2.06 bits per heavy atom. The van der Waals surface area contributed by atoms with Gasteiger partial charge in [-0.2, -0.15) is 0 Å². The van der Waals surface area contributed by atoms with Crippen LogP contribution in [0.25, 0.3) is 22.2 Å². The highest BCUT2D eigenvalue weighted by Gasteiger charge is 2.34. The number of nitrogens with zero attached hydrogens (tertiary/aromatic N) is 2. The molecule has 1 unspecified atom stereocenters. The van der Waals surface area contributed by atoms with Crippen molar-refractivity contribution in [2.75, 3.05) is 6.61 Å². The average molecular weight is 470 g/mol. The summed E-state index contributed by atoms with van der Waals surface area (Å²) in [6.45, 7) is 9.88. The molecule has 0 bridgehead atoms. The van der Waals surface area contributed by atoms with E-state index in [1.54, 1.807) is 27.7 Å². The van der Waals surface area contributed by atoms with Gasteiger partial charge in [-0.25, -0.2) is 14.2 Å². The summed E-state index contributed by atoms with van der Waals surface area (Å²) in [5.74, 6) is -1.30. The number of pyridine rings is 1. The summed E-state index contributed by atoms with van der Waals surface area (Å²) in [5, 5.41) is 10.9. The number of hydrogen-bond acceptors (Lipinski definition) is 5. The number of carboxylic acids is 1. The Kier molecular flexibility index (Phi) is 6.16. The molecule has 34 heavy (non-hydrogen) atoms. The highest BCUT2D eigenvalue weighted by atomic mass is 19.1. The number of hydrogen-bond donors (Lipinski definition) is 2. The molecule has 8 heteroatoms. The number of rotatable bonds is 5. The highest BCUT2D eigenvalue weighted by molar-refractivity contribution is 5.99. The number of ether oxygens (including phenoxy) is 2. The smallest absolute Gasteiger partial charge is 0.337 e. The van der Waals surface area contributed by atoms with Crippen molar-refractivity contribution in [3.8, 4) is 16.9 Å². The number of benzene rings is 1. The zero-order valence-corrected chi connectivity index (χ0v) is 20.6. The van der Waals surface area contributed by atoms with Crippen molar-refractivity contribution >= 4 is 17.0 Å². The molecule has 1 atom stereocenters. The first-order chi connectivity index (χ1) is 15.9. The van der Waals surface area contributed by atoms with E-state index in [2.05, 4.69) is 0 Å². The lowest BCUT2D eigenvalue weighted by atomic mass is 9.86. The van der Waals surface area contributed by atoms with Gasteiger partial charge in [-0.3, -0.25) is 0 Å². The van der Waals surface area contributed by atoms with Gasteiger partial charge in [0.05, 0.1) is 12.2 Å². The van der Waals surface area contributed by atoms with Gasteiger partial charge >= 0.3 is 5.97 Å². The number of aryl methyl sites for hydroxylation is 2. The SMILES string of the molecule is Cc1nc2c(cc(CN)n2C)c(-c2cc(F)c3c(c2C)CCCO3)c1C(OC(C)(C)C)C(=O)O. The first-order valence-corrected chi connectivity index (χ1v) is 11.5. The number of aromatic nitrogens is 2. The lowest BCUT2D eigenvalue weighted by Gasteiger charge is -2.29. The second-order valence-electron chi connectivity index (χ2n) is 9.86. The molecule has 7 nitrogen and oxygen atoms in total. The molecule has 0 saturated heterocycles. The second-order valence-corrected chi connectivity index (χ2v) is 9.86. The van der Waals surface area contributed by atoms with Crippen LogP contribution in [0, 0.1) is 19.7 Å². The van der Waals surface area contributed by atoms with Crippen molar-refractivity contribution in [2.45, 2.75) is 65.7 Å². The fourth-order valence-corrected chi connectivity index (χ4v) is 4.82. The quantitative estimate of drug-likeness (QED) is 0.561. The van der Waals surface area contributed by atoms with Gasteiger partial charge < -0.3 is 24.9 Å². The summed E-state index contributed by atoms with van der Waals surface area (Å²) in [6, 6.07) is 3.35. The Bertz CT molecular complexity index is 1290. The third-order valence-electron chi connectivity index (χ3n) is 6.38. The normalized spacial score (nSPS) is 14.7. The number of carboxylic acid groups (broad SMARTS) is 1. The molecule has 0 spiro atoms. The summed E-state index contributed by atoms with van der Waals surface area (Å²) in [4.78, 5) is 17.2. The predicted molar refractivity (Wildman–Crippen MR) is 129 cm³/mol. The number of halogens is 1. The number of nitrogens with two attached hydrogens (primary N) is 1. The van der Waals surface area contributed by atoms with E-state index in [1.807, 2.05) is 24.6 Å². The summed E-state index contributed by atoms with van der Waals surface area (Å²) >= 11 is 0. The van der Waals surface area contributed by atoms with Crippen LogP contribution >= 0.6 is 0 Å². The minimum atomic E-state index is -1.29. The van der Waals surface area contributed by atoms with Crippen molar-refractivity contribution in [3.63, 3.8) is 0 Å². The largest absolute Gasteiger partial charge is 0.490 e. The van der Waals surface area contributed by atoms with E-state index in [9.17, 15) is 9.90 Å². The van der Waals surface area contributed by atoms with E-state index in [-0.39, 0.29) is 12.3 Å². The van der Waals surface area contributed by atoms with Crippen LogP contribution in [0.5, 0.6) is 5.75 Å². The monoisotopic (exact) mass is 469 g/mol. The lowest BCUT2D eigenvalue weighted by molar-refractivity contribution is -0.160. The van der Waals surface area contributed by atoms with Gasteiger partial charge in [0.2, 0.25) is 0 Å². The maximum absolute atomic E-state index is 15.3. The van der Waals surface area contributed by atoms with Crippen molar-refractivity contribution in [1.82, 2.24) is 9.55 Å². The lowest BCUT2D eigenvalue weighted by Crippen LogP contribution is -2.28. The molecule has 1 aromatic carbocycles. The van der Waals surface area contributed by atoms with Gasteiger partial charge in [-0.1, -0.05) is 0 Å². The zero-order chi connectivity index (χ0) is 24.9. The fourth-order valence-electron chi connectivity index (χ4n) is 4.82. The molecule has 3 aromatic rings. The Labute approximate surface area is 198 Å². The highest BCUT2D eigenvalue weighted by Crippen LogP contribution is 2.44. The Morgan fingerprint density at radius 3 is 2.68 bits per heavy atom. The molecule has 0 radical (unpaired) electrons. The average Bonchev–Trinajstić information content (AvgIpc) is 3.08. The van der Waals surface area contributed by atoms with Gasteiger partial charge in [0, 0.05) is 47.1 Å². The van der Waals surface area contributed by atoms with Crippen molar-refractivity contribution < 1.29 is 23.8 Å². The minimum Gasteiger partial charge on any atom is -0.490 e. The molecular weight excluding hydrogens is 437 g/mol. The van der Waals surface area contributed by atoms with Crippen LogP contribution in [-0.4, -0.2) is 32.8 Å². The Morgan fingerprint density at radius 1 is 1.35 bits per heavy atom. The third-order valence-corrected chi connectivity index (χ3v) is 6.38. The minimum absolute atomic E-state index is 0.285. The van der Waals surface area contributed by atoms with Crippen molar-refractivity contribution in [1.29, 1.82) is 0 Å². The molecule has 3 heterocycles. The van der Waals surface area contributed by atoms with Gasteiger partial charge in [0.15, 0.2) is 17.7 Å². The summed E-state index contributed by atoms with van der Waals surface area (Å²) in [5.41, 5.74) is 10.6. The van der Waals surface area contributed by atoms with Crippen LogP contribution in [0.15, 0.2) is 12.1 Å². The zero-order valence-electron chi connectivity index (χ0n) is 20.6. The van der Waals surface area contributed by atoms with Crippen LogP contribution in [-0.2, 0) is 29.5 Å². The molecule has 182 valence electrons. The van der Waals surface area contributed by atoms with Gasteiger partial charge in [-0.15, -0.1) is 0 Å². The number of aliphatic carboxylic acids is 1. The van der Waals surface area contributed by atoms with Gasteiger partial charge in [-0.05, 0) is 70.7 Å². The van der Waals surface area contributed by atoms with Gasteiger partial charge in [0.25, 0.3) is 0 Å². The van der Waals surface area contributed by atoms with E-state index in [1.165, 1.54) is 6.07 Å². The molecule has 4 rings (SSSR count). The van der Waals surface area contributed by atoms with Crippen LogP contribution in [0.1, 0.15) is 61.4 Å². The predicted octanol–water partition coefficient (Wildman–Crippen LogP) is 4.72. The molecule has 1 aliphatic heterocycles. The van der Waals surface area contributed by atoms with Crippen LogP contribution in [0.2, 0.25) is 0 Å². The topological polar surface area (TPSA) is 99.6 Å². The number of carbonyl (C=O) groups is 1. The molecule has 2 aromatic heterocycles. The van der Waals surface area contributed by atoms with E-state index in [4.69, 9.17) is 20.2 Å². The Hall–Kier alpha value is -2.97. The molecule has 0 aliphatic carbocycles. The second kappa shape index (κ2) is 8.67. The number of fused-ring (bicyclic) bond motifs is 2. The molecular formula is C26H32FN3O4. The molecule has 3 N–H and O–H groups in total. The first kappa shape index (κ1) is 24.2. The van der Waals surface area contributed by atoms with Gasteiger partial charge in [0.1, 0.15) is 5.65 Å². The summed E-state index contributed by atoms with van der Waals surface area (Å²) < 4.78 is 28.9. The molecule has 0 amide bonds. The van der Waals surface area contributed by atoms with E-state index in [0.29, 0.717) is 46.4 Å². The van der Waals surface area contributed by atoms with Crippen LogP contribution in [0.4, 0.5) is 4.39 Å². The van der Waals surface area contributed by atoms with Crippen LogP contribution < -0.4 is 10.5 Å². The summed E-state index contributed by atoms with van der Waals surface area (Å²) in [6.07, 6.45) is 0.197. The standard InChI is InChI=1S/C26H32FN3O4/c1-13-16-8-7-9-33-22(16)19(27)11-17(13)21-18-10-15(12-28)30(6)24(18)29-14(2)20(21)23(25(31)32)34-26(3,4)5/h10-11,23H,7-9,12,28H2,1-6H3,(H,31,32). The molecule has 0 saturated carbocycles. The van der Waals surface area contributed by atoms with Crippen molar-refractivity contribution in [2.24, 2.45) is 12.8 Å². The Balaban J connectivity index is 2.14. The van der Waals surface area contributed by atoms with E-state index in [0.717, 1.165) is 23.2 Å². The fraction of sp³-hybridized carbons (Fsp3) is 0.462. The maximum Gasteiger partial charge on any atom is 0.337 e. The van der Waals surface area contributed by atoms with Crippen LogP contribution in [0.3, 0.4) is 0 Å². The molecule has 0 fully saturated rings. The van der Waals surface area contributed by atoms with E-state index >= 15 is 4.39 Å². The summed E-state index contributed by atoms with van der Waals surface area (Å²) in [7, 11) is 1.87.